The van der Waals surface area contributed by atoms with Gasteiger partial charge in [-0.1, -0.05) is 30.3 Å². The lowest BCUT2D eigenvalue weighted by atomic mass is 10.2. The average molecular weight is 272 g/mol. The van der Waals surface area contributed by atoms with Crippen LogP contribution in [0.3, 0.4) is 0 Å². The SMILES string of the molecule is O=Cc1cc(OCc2ccccc2)ccc1OCCO. The van der Waals surface area contributed by atoms with Crippen molar-refractivity contribution in [2.45, 2.75) is 6.61 Å². The van der Waals surface area contributed by atoms with Crippen molar-refractivity contribution in [1.82, 2.24) is 0 Å². The van der Waals surface area contributed by atoms with Gasteiger partial charge in [-0.25, -0.2) is 0 Å². The second kappa shape index (κ2) is 7.31. The monoisotopic (exact) mass is 272 g/mol. The van der Waals surface area contributed by atoms with Gasteiger partial charge in [0.15, 0.2) is 6.29 Å². The molecule has 0 fully saturated rings. The van der Waals surface area contributed by atoms with E-state index in [4.69, 9.17) is 14.6 Å². The number of hydrogen-bond donors (Lipinski definition) is 1. The minimum atomic E-state index is -0.0927. The van der Waals surface area contributed by atoms with Crippen molar-refractivity contribution < 1.29 is 19.4 Å². The Labute approximate surface area is 117 Å². The molecular formula is C16H16O4. The number of aliphatic hydroxyl groups excluding tert-OH is 1. The standard InChI is InChI=1S/C16H16O4/c17-8-9-19-16-7-6-15(10-14(16)11-18)20-12-13-4-2-1-3-5-13/h1-7,10-11,17H,8-9,12H2. The molecule has 0 heterocycles. The van der Waals surface area contributed by atoms with Gasteiger partial charge in [-0.05, 0) is 23.8 Å². The van der Waals surface area contributed by atoms with Gasteiger partial charge in [-0.2, -0.15) is 0 Å². The molecule has 0 unspecified atom stereocenters. The lowest BCUT2D eigenvalue weighted by Gasteiger charge is -2.10. The van der Waals surface area contributed by atoms with Gasteiger partial charge in [-0.15, -0.1) is 0 Å². The molecule has 0 aromatic heterocycles. The summed E-state index contributed by atoms with van der Waals surface area (Å²) in [5.74, 6) is 1.05. The molecule has 0 spiro atoms. The second-order valence-corrected chi connectivity index (χ2v) is 4.16. The Morgan fingerprint density at radius 1 is 1.05 bits per heavy atom. The highest BCUT2D eigenvalue weighted by atomic mass is 16.5. The lowest BCUT2D eigenvalue weighted by Crippen LogP contribution is -2.04. The first-order valence-electron chi connectivity index (χ1n) is 6.33. The van der Waals surface area contributed by atoms with E-state index in [1.807, 2.05) is 30.3 Å². The Bertz CT molecular complexity index is 552. The topological polar surface area (TPSA) is 55.8 Å². The first-order valence-corrected chi connectivity index (χ1v) is 6.33. The average Bonchev–Trinajstić information content (AvgIpc) is 2.52. The molecule has 0 saturated carbocycles. The summed E-state index contributed by atoms with van der Waals surface area (Å²) in [7, 11) is 0. The van der Waals surface area contributed by atoms with E-state index in [-0.39, 0.29) is 13.2 Å². The number of aldehydes is 1. The molecule has 20 heavy (non-hydrogen) atoms. The Morgan fingerprint density at radius 2 is 1.85 bits per heavy atom. The summed E-state index contributed by atoms with van der Waals surface area (Å²) in [6.07, 6.45) is 0.710. The second-order valence-electron chi connectivity index (χ2n) is 4.16. The lowest BCUT2D eigenvalue weighted by molar-refractivity contribution is 0.111. The summed E-state index contributed by atoms with van der Waals surface area (Å²) in [4.78, 5) is 11.0. The van der Waals surface area contributed by atoms with Crippen molar-refractivity contribution >= 4 is 6.29 Å². The number of carbonyl (C=O) groups excluding carboxylic acids is 1. The zero-order valence-corrected chi connectivity index (χ0v) is 11.0. The summed E-state index contributed by atoms with van der Waals surface area (Å²) in [6, 6.07) is 14.8. The maximum absolute atomic E-state index is 11.0. The molecule has 4 heteroatoms. The number of carbonyl (C=O) groups is 1. The van der Waals surface area contributed by atoms with Crippen LogP contribution in [0.5, 0.6) is 11.5 Å². The van der Waals surface area contributed by atoms with Crippen molar-refractivity contribution in [1.29, 1.82) is 0 Å². The molecule has 4 nitrogen and oxygen atoms in total. The number of benzene rings is 2. The number of rotatable bonds is 7. The van der Waals surface area contributed by atoms with Crippen LogP contribution < -0.4 is 9.47 Å². The molecular weight excluding hydrogens is 256 g/mol. The van der Waals surface area contributed by atoms with E-state index in [9.17, 15) is 4.79 Å². The zero-order chi connectivity index (χ0) is 14.2. The maximum atomic E-state index is 11.0. The van der Waals surface area contributed by atoms with Crippen molar-refractivity contribution in [3.63, 3.8) is 0 Å². The van der Waals surface area contributed by atoms with Gasteiger partial charge in [0.25, 0.3) is 0 Å². The molecule has 104 valence electrons. The fraction of sp³-hybridized carbons (Fsp3) is 0.188. The van der Waals surface area contributed by atoms with E-state index in [2.05, 4.69) is 0 Å². The highest BCUT2D eigenvalue weighted by Crippen LogP contribution is 2.23. The maximum Gasteiger partial charge on any atom is 0.153 e. The molecule has 0 amide bonds. The molecule has 0 bridgehead atoms. The van der Waals surface area contributed by atoms with Gasteiger partial charge in [0, 0.05) is 0 Å². The summed E-state index contributed by atoms with van der Waals surface area (Å²) in [5.41, 5.74) is 1.46. The van der Waals surface area contributed by atoms with E-state index in [0.29, 0.717) is 30.0 Å². The predicted molar refractivity (Wildman–Crippen MR) is 75.2 cm³/mol. The van der Waals surface area contributed by atoms with Crippen molar-refractivity contribution in [3.8, 4) is 11.5 Å². The van der Waals surface area contributed by atoms with Crippen LogP contribution in [-0.4, -0.2) is 24.6 Å². The zero-order valence-electron chi connectivity index (χ0n) is 11.0. The minimum Gasteiger partial charge on any atom is -0.490 e. The van der Waals surface area contributed by atoms with Crippen molar-refractivity contribution in [2.24, 2.45) is 0 Å². The molecule has 0 saturated heterocycles. The Kier molecular flexibility index (Phi) is 5.15. The third-order valence-electron chi connectivity index (χ3n) is 2.71. The molecule has 0 aliphatic heterocycles. The number of ether oxygens (including phenoxy) is 2. The van der Waals surface area contributed by atoms with E-state index in [0.717, 1.165) is 5.56 Å². The quantitative estimate of drug-likeness (QED) is 0.787. The molecule has 0 atom stereocenters. The van der Waals surface area contributed by atoms with Gasteiger partial charge in [0.1, 0.15) is 24.7 Å². The molecule has 1 N–H and O–H groups in total. The van der Waals surface area contributed by atoms with E-state index in [1.54, 1.807) is 18.2 Å². The smallest absolute Gasteiger partial charge is 0.153 e. The minimum absolute atomic E-state index is 0.0927. The van der Waals surface area contributed by atoms with Crippen LogP contribution in [0.25, 0.3) is 0 Å². The molecule has 0 aliphatic carbocycles. The highest BCUT2D eigenvalue weighted by molar-refractivity contribution is 5.80. The fourth-order valence-electron chi connectivity index (χ4n) is 1.74. The number of hydrogen-bond acceptors (Lipinski definition) is 4. The Balaban J connectivity index is 2.03. The molecule has 2 aromatic carbocycles. The molecule has 2 rings (SSSR count). The summed E-state index contributed by atoms with van der Waals surface area (Å²) in [6.45, 7) is 0.506. The fourth-order valence-corrected chi connectivity index (χ4v) is 1.74. The number of aliphatic hydroxyl groups is 1. The van der Waals surface area contributed by atoms with E-state index < -0.39 is 0 Å². The largest absolute Gasteiger partial charge is 0.490 e. The molecule has 2 aromatic rings. The van der Waals surface area contributed by atoms with Crippen LogP contribution in [0.15, 0.2) is 48.5 Å². The van der Waals surface area contributed by atoms with Crippen LogP contribution in [0.4, 0.5) is 0 Å². The summed E-state index contributed by atoms with van der Waals surface area (Å²) < 4.78 is 10.9. The first-order chi connectivity index (χ1) is 9.83. The van der Waals surface area contributed by atoms with Gasteiger partial charge < -0.3 is 14.6 Å². The summed E-state index contributed by atoms with van der Waals surface area (Å²) in [5, 5.41) is 8.72. The first kappa shape index (κ1) is 14.1. The normalized spacial score (nSPS) is 10.1. The predicted octanol–water partition coefficient (Wildman–Crippen LogP) is 2.45. The van der Waals surface area contributed by atoms with Gasteiger partial charge in [0.05, 0.1) is 12.2 Å². The van der Waals surface area contributed by atoms with Crippen LogP contribution in [-0.2, 0) is 6.61 Å². The van der Waals surface area contributed by atoms with Gasteiger partial charge in [-0.3, -0.25) is 4.79 Å². The van der Waals surface area contributed by atoms with E-state index >= 15 is 0 Å². The molecule has 0 aliphatic rings. The Morgan fingerprint density at radius 3 is 2.55 bits per heavy atom. The summed E-state index contributed by atoms with van der Waals surface area (Å²) >= 11 is 0. The molecule has 0 radical (unpaired) electrons. The van der Waals surface area contributed by atoms with Crippen LogP contribution in [0, 0.1) is 0 Å². The van der Waals surface area contributed by atoms with Crippen LogP contribution >= 0.6 is 0 Å². The van der Waals surface area contributed by atoms with Crippen molar-refractivity contribution in [2.75, 3.05) is 13.2 Å². The van der Waals surface area contributed by atoms with E-state index in [1.165, 1.54) is 0 Å². The highest BCUT2D eigenvalue weighted by Gasteiger charge is 2.05. The van der Waals surface area contributed by atoms with Gasteiger partial charge >= 0.3 is 0 Å². The Hall–Kier alpha value is -2.33. The van der Waals surface area contributed by atoms with Crippen LogP contribution in [0.2, 0.25) is 0 Å². The third kappa shape index (κ3) is 3.83. The van der Waals surface area contributed by atoms with Gasteiger partial charge in [0.2, 0.25) is 0 Å². The van der Waals surface area contributed by atoms with Crippen molar-refractivity contribution in [3.05, 3.63) is 59.7 Å². The third-order valence-corrected chi connectivity index (χ3v) is 2.71. The van der Waals surface area contributed by atoms with Crippen LogP contribution in [0.1, 0.15) is 15.9 Å².